The Morgan fingerprint density at radius 1 is 1.53 bits per heavy atom. The van der Waals surface area contributed by atoms with Gasteiger partial charge in [0, 0.05) is 0 Å². The number of ether oxygens (including phenoxy) is 1. The number of aryl methyl sites for hydroxylation is 2. The monoisotopic (exact) mass is 233 g/mol. The van der Waals surface area contributed by atoms with Crippen molar-refractivity contribution in [2.45, 2.75) is 38.6 Å². The van der Waals surface area contributed by atoms with E-state index in [1.165, 1.54) is 23.8 Å². The molecule has 1 aromatic rings. The lowest BCUT2D eigenvalue weighted by atomic mass is 9.86. The van der Waals surface area contributed by atoms with Crippen LogP contribution in [0.4, 0.5) is 4.79 Å². The van der Waals surface area contributed by atoms with Gasteiger partial charge in [-0.05, 0) is 42.4 Å². The summed E-state index contributed by atoms with van der Waals surface area (Å²) in [4.78, 5) is 11.3. The average molecular weight is 233 g/mol. The molecule has 0 aromatic heterocycles. The molecule has 1 aromatic carbocycles. The van der Waals surface area contributed by atoms with Gasteiger partial charge in [-0.25, -0.2) is 4.79 Å². The third-order valence-electron chi connectivity index (χ3n) is 3.41. The highest BCUT2D eigenvalue weighted by Crippen LogP contribution is 2.30. The molecule has 0 spiro atoms. The molecule has 0 aliphatic heterocycles. The highest BCUT2D eigenvalue weighted by atomic mass is 16.5. The van der Waals surface area contributed by atoms with Crippen molar-refractivity contribution < 1.29 is 9.53 Å². The summed E-state index contributed by atoms with van der Waals surface area (Å²) in [6.45, 7) is 2.15. The Morgan fingerprint density at radius 3 is 3.06 bits per heavy atom. The zero-order chi connectivity index (χ0) is 12.3. The Balaban J connectivity index is 2.25. The molecule has 0 heterocycles. The van der Waals surface area contributed by atoms with Crippen molar-refractivity contribution in [3.8, 4) is 0 Å². The van der Waals surface area contributed by atoms with Gasteiger partial charge in [0.05, 0.1) is 13.2 Å². The molecule has 1 N–H and O–H groups in total. The van der Waals surface area contributed by atoms with Gasteiger partial charge < -0.3 is 10.1 Å². The molecule has 1 amide bonds. The largest absolute Gasteiger partial charge is 0.453 e. The number of hydrogen-bond donors (Lipinski definition) is 1. The zero-order valence-corrected chi connectivity index (χ0v) is 10.5. The first kappa shape index (κ1) is 12.0. The van der Waals surface area contributed by atoms with Crippen LogP contribution in [-0.2, 0) is 17.6 Å². The van der Waals surface area contributed by atoms with Crippen molar-refractivity contribution in [3.05, 3.63) is 34.9 Å². The van der Waals surface area contributed by atoms with Crippen molar-refractivity contribution in [3.63, 3.8) is 0 Å². The summed E-state index contributed by atoms with van der Waals surface area (Å²) in [5.41, 5.74) is 3.94. The van der Waals surface area contributed by atoms with Gasteiger partial charge in [-0.1, -0.05) is 25.1 Å². The number of carbonyl (C=O) groups excluding carboxylic acids is 1. The summed E-state index contributed by atoms with van der Waals surface area (Å²) in [5, 5.41) is 2.91. The highest BCUT2D eigenvalue weighted by Gasteiger charge is 2.22. The number of nitrogens with one attached hydrogen (secondary N) is 1. The van der Waals surface area contributed by atoms with Gasteiger partial charge in [0.15, 0.2) is 0 Å². The average Bonchev–Trinajstić information content (AvgIpc) is 2.38. The van der Waals surface area contributed by atoms with E-state index < -0.39 is 0 Å². The lowest BCUT2D eigenvalue weighted by Gasteiger charge is -2.26. The SMILES string of the molecule is CCc1ccc2c(c1)C(NC(=O)OC)CCC2. The molecule has 0 radical (unpaired) electrons. The highest BCUT2D eigenvalue weighted by molar-refractivity contribution is 5.67. The molecule has 3 heteroatoms. The molecule has 17 heavy (non-hydrogen) atoms. The first-order valence-corrected chi connectivity index (χ1v) is 6.20. The standard InChI is InChI=1S/C14H19NO2/c1-3-10-7-8-11-5-4-6-13(12(11)9-10)15-14(16)17-2/h7-9,13H,3-6H2,1-2H3,(H,15,16). The minimum absolute atomic E-state index is 0.109. The first-order chi connectivity index (χ1) is 8.24. The summed E-state index contributed by atoms with van der Waals surface area (Å²) in [5.74, 6) is 0. The summed E-state index contributed by atoms with van der Waals surface area (Å²) >= 11 is 0. The minimum Gasteiger partial charge on any atom is -0.453 e. The predicted molar refractivity (Wildman–Crippen MR) is 67.0 cm³/mol. The van der Waals surface area contributed by atoms with E-state index in [9.17, 15) is 4.79 Å². The van der Waals surface area contributed by atoms with Crippen LogP contribution in [0, 0.1) is 0 Å². The zero-order valence-electron chi connectivity index (χ0n) is 10.5. The predicted octanol–water partition coefficient (Wildman–Crippen LogP) is 2.98. The molecular weight excluding hydrogens is 214 g/mol. The van der Waals surface area contributed by atoms with Crippen LogP contribution < -0.4 is 5.32 Å². The van der Waals surface area contributed by atoms with Crippen molar-refractivity contribution in [1.29, 1.82) is 0 Å². The fraction of sp³-hybridized carbons (Fsp3) is 0.500. The molecule has 3 nitrogen and oxygen atoms in total. The maximum atomic E-state index is 11.3. The number of amides is 1. The number of carbonyl (C=O) groups is 1. The van der Waals surface area contributed by atoms with E-state index in [4.69, 9.17) is 0 Å². The Labute approximate surface area is 102 Å². The number of methoxy groups -OCH3 is 1. The quantitative estimate of drug-likeness (QED) is 0.852. The molecular formula is C14H19NO2. The van der Waals surface area contributed by atoms with Crippen LogP contribution in [0.2, 0.25) is 0 Å². The molecule has 0 fully saturated rings. The Morgan fingerprint density at radius 2 is 2.35 bits per heavy atom. The summed E-state index contributed by atoms with van der Waals surface area (Å²) in [7, 11) is 1.40. The second-order valence-electron chi connectivity index (χ2n) is 4.47. The molecule has 1 aliphatic rings. The fourth-order valence-electron chi connectivity index (χ4n) is 2.42. The Hall–Kier alpha value is -1.51. The molecule has 1 aliphatic carbocycles. The van der Waals surface area contributed by atoms with E-state index in [2.05, 4.69) is 35.2 Å². The van der Waals surface area contributed by atoms with Crippen molar-refractivity contribution in [1.82, 2.24) is 5.32 Å². The van der Waals surface area contributed by atoms with E-state index in [1.807, 2.05) is 0 Å². The van der Waals surface area contributed by atoms with Crippen molar-refractivity contribution >= 4 is 6.09 Å². The second kappa shape index (κ2) is 5.21. The van der Waals surface area contributed by atoms with Crippen LogP contribution in [0.15, 0.2) is 18.2 Å². The Bertz CT molecular complexity index is 415. The van der Waals surface area contributed by atoms with Gasteiger partial charge in [0.1, 0.15) is 0 Å². The van der Waals surface area contributed by atoms with Crippen LogP contribution in [0.3, 0.4) is 0 Å². The van der Waals surface area contributed by atoms with Gasteiger partial charge in [0.2, 0.25) is 0 Å². The maximum absolute atomic E-state index is 11.3. The van der Waals surface area contributed by atoms with Crippen LogP contribution in [0.1, 0.15) is 42.5 Å². The molecule has 92 valence electrons. The van der Waals surface area contributed by atoms with E-state index >= 15 is 0 Å². The van der Waals surface area contributed by atoms with Crippen molar-refractivity contribution in [2.75, 3.05) is 7.11 Å². The lowest BCUT2D eigenvalue weighted by Crippen LogP contribution is -2.30. The number of rotatable bonds is 2. The van der Waals surface area contributed by atoms with E-state index in [-0.39, 0.29) is 12.1 Å². The fourth-order valence-corrected chi connectivity index (χ4v) is 2.42. The summed E-state index contributed by atoms with van der Waals surface area (Å²) in [6.07, 6.45) is 3.91. The van der Waals surface area contributed by atoms with E-state index in [0.717, 1.165) is 25.7 Å². The lowest BCUT2D eigenvalue weighted by molar-refractivity contribution is 0.165. The smallest absolute Gasteiger partial charge is 0.407 e. The molecule has 0 bridgehead atoms. The molecule has 0 saturated heterocycles. The normalized spacial score (nSPS) is 18.4. The third-order valence-corrected chi connectivity index (χ3v) is 3.41. The number of alkyl carbamates (subject to hydrolysis) is 1. The van der Waals surface area contributed by atoms with Crippen LogP contribution in [0.5, 0.6) is 0 Å². The molecule has 0 saturated carbocycles. The second-order valence-corrected chi connectivity index (χ2v) is 4.47. The molecule has 1 unspecified atom stereocenters. The van der Waals surface area contributed by atoms with Gasteiger partial charge in [-0.15, -0.1) is 0 Å². The molecule has 2 rings (SSSR count). The maximum Gasteiger partial charge on any atom is 0.407 e. The van der Waals surface area contributed by atoms with Crippen LogP contribution >= 0.6 is 0 Å². The third kappa shape index (κ3) is 2.60. The molecule has 1 atom stereocenters. The Kier molecular flexibility index (Phi) is 3.67. The minimum atomic E-state index is -0.343. The van der Waals surface area contributed by atoms with Gasteiger partial charge in [-0.2, -0.15) is 0 Å². The summed E-state index contributed by atoms with van der Waals surface area (Å²) in [6, 6.07) is 6.70. The first-order valence-electron chi connectivity index (χ1n) is 6.20. The summed E-state index contributed by atoms with van der Waals surface area (Å²) < 4.78 is 4.67. The van der Waals surface area contributed by atoms with E-state index in [1.54, 1.807) is 0 Å². The topological polar surface area (TPSA) is 38.3 Å². The number of fused-ring (bicyclic) bond motifs is 1. The van der Waals surface area contributed by atoms with Gasteiger partial charge in [0.25, 0.3) is 0 Å². The van der Waals surface area contributed by atoms with Crippen molar-refractivity contribution in [2.24, 2.45) is 0 Å². The van der Waals surface area contributed by atoms with Gasteiger partial charge in [-0.3, -0.25) is 0 Å². The van der Waals surface area contributed by atoms with Gasteiger partial charge >= 0.3 is 6.09 Å². The number of hydrogen-bond acceptors (Lipinski definition) is 2. The van der Waals surface area contributed by atoms with E-state index in [0.29, 0.717) is 0 Å². The number of benzene rings is 1. The van der Waals surface area contributed by atoms with Crippen LogP contribution in [0.25, 0.3) is 0 Å². The van der Waals surface area contributed by atoms with Crippen LogP contribution in [-0.4, -0.2) is 13.2 Å².